The third-order valence-electron chi connectivity index (χ3n) is 6.25. The number of methoxy groups -OCH3 is 5. The van der Waals surface area contributed by atoms with Gasteiger partial charge in [0.25, 0.3) is 5.91 Å². The smallest absolute Gasteiger partial charge is 0.260 e. The standard InChI is InChI=1S/C27H32N4O7/c1-33-19-14-20(34-2)16-21(15-19)38-17-26(32)31-10-8-30(9-11-31)25-7-6-22(28-29-25)18-12-23(35-3)27(37-5)24(13-18)36-4/h6-7,12-16H,8-11,17H2,1-5H3. The zero-order valence-corrected chi connectivity index (χ0v) is 22.2. The summed E-state index contributed by atoms with van der Waals surface area (Å²) < 4.78 is 32.5. The molecule has 202 valence electrons. The van der Waals surface area contributed by atoms with Crippen LogP contribution in [0.1, 0.15) is 0 Å². The average molecular weight is 525 g/mol. The number of piperazine rings is 1. The largest absolute Gasteiger partial charge is 0.496 e. The van der Waals surface area contributed by atoms with Crippen LogP contribution < -0.4 is 33.3 Å². The van der Waals surface area contributed by atoms with Crippen LogP contribution in [0.15, 0.2) is 42.5 Å². The van der Waals surface area contributed by atoms with Gasteiger partial charge in [-0.25, -0.2) is 0 Å². The Hall–Kier alpha value is -4.41. The number of amides is 1. The van der Waals surface area contributed by atoms with Crippen molar-refractivity contribution in [1.29, 1.82) is 0 Å². The highest BCUT2D eigenvalue weighted by Crippen LogP contribution is 2.40. The molecule has 1 amide bonds. The molecular weight excluding hydrogens is 492 g/mol. The van der Waals surface area contributed by atoms with E-state index in [1.54, 1.807) is 58.6 Å². The van der Waals surface area contributed by atoms with E-state index >= 15 is 0 Å². The SMILES string of the molecule is COc1cc(OC)cc(OCC(=O)N2CCN(c3ccc(-c4cc(OC)c(OC)c(OC)c4)nn3)CC2)c1. The number of hydrogen-bond acceptors (Lipinski definition) is 10. The van der Waals surface area contributed by atoms with Gasteiger partial charge in [-0.1, -0.05) is 0 Å². The summed E-state index contributed by atoms with van der Waals surface area (Å²) in [5.74, 6) is 3.96. The number of nitrogens with zero attached hydrogens (tertiary/aromatic N) is 4. The first-order chi connectivity index (χ1) is 18.5. The van der Waals surface area contributed by atoms with Gasteiger partial charge in [-0.05, 0) is 24.3 Å². The van der Waals surface area contributed by atoms with Crippen LogP contribution in [0, 0.1) is 0 Å². The normalized spacial score (nSPS) is 13.1. The van der Waals surface area contributed by atoms with Crippen molar-refractivity contribution in [1.82, 2.24) is 15.1 Å². The molecule has 0 spiro atoms. The second-order valence-electron chi connectivity index (χ2n) is 8.40. The van der Waals surface area contributed by atoms with Crippen molar-refractivity contribution < 1.29 is 33.2 Å². The van der Waals surface area contributed by atoms with Crippen LogP contribution in [0.25, 0.3) is 11.3 Å². The summed E-state index contributed by atoms with van der Waals surface area (Å²) in [7, 11) is 7.83. The molecule has 0 bridgehead atoms. The monoisotopic (exact) mass is 524 g/mol. The number of benzene rings is 2. The number of anilines is 1. The topological polar surface area (TPSA) is 105 Å². The maximum Gasteiger partial charge on any atom is 0.260 e. The minimum Gasteiger partial charge on any atom is -0.496 e. The Kier molecular flexibility index (Phi) is 8.57. The number of rotatable bonds is 10. The van der Waals surface area contributed by atoms with Crippen LogP contribution >= 0.6 is 0 Å². The predicted molar refractivity (Wildman–Crippen MR) is 141 cm³/mol. The average Bonchev–Trinajstić information content (AvgIpc) is 2.98. The molecule has 1 aliphatic heterocycles. The lowest BCUT2D eigenvalue weighted by Crippen LogP contribution is -2.50. The maximum absolute atomic E-state index is 12.7. The Bertz CT molecular complexity index is 1200. The molecule has 0 atom stereocenters. The molecule has 0 unspecified atom stereocenters. The van der Waals surface area contributed by atoms with Crippen LogP contribution in [-0.4, -0.2) is 89.3 Å². The van der Waals surface area contributed by atoms with E-state index < -0.39 is 0 Å². The number of carbonyl (C=O) groups is 1. The van der Waals surface area contributed by atoms with Gasteiger partial charge in [0.1, 0.15) is 17.2 Å². The quantitative estimate of drug-likeness (QED) is 0.393. The molecule has 11 heteroatoms. The minimum absolute atomic E-state index is 0.0698. The van der Waals surface area contributed by atoms with E-state index in [9.17, 15) is 4.79 Å². The molecule has 0 aliphatic carbocycles. The maximum atomic E-state index is 12.7. The molecule has 0 radical (unpaired) electrons. The lowest BCUT2D eigenvalue weighted by molar-refractivity contribution is -0.133. The van der Waals surface area contributed by atoms with E-state index in [-0.39, 0.29) is 12.5 Å². The van der Waals surface area contributed by atoms with Gasteiger partial charge in [0.05, 0.1) is 41.2 Å². The lowest BCUT2D eigenvalue weighted by Gasteiger charge is -2.35. The van der Waals surface area contributed by atoms with Gasteiger partial charge in [0.15, 0.2) is 23.9 Å². The van der Waals surface area contributed by atoms with Crippen LogP contribution in [0.5, 0.6) is 34.5 Å². The van der Waals surface area contributed by atoms with E-state index in [1.165, 1.54) is 0 Å². The van der Waals surface area contributed by atoms with Crippen molar-refractivity contribution >= 4 is 11.7 Å². The van der Waals surface area contributed by atoms with Crippen molar-refractivity contribution in [2.24, 2.45) is 0 Å². The summed E-state index contributed by atoms with van der Waals surface area (Å²) in [6, 6.07) is 12.7. The molecule has 2 heterocycles. The zero-order chi connectivity index (χ0) is 27.1. The zero-order valence-electron chi connectivity index (χ0n) is 22.2. The van der Waals surface area contributed by atoms with E-state index in [2.05, 4.69) is 15.1 Å². The van der Waals surface area contributed by atoms with Crippen molar-refractivity contribution in [3.05, 3.63) is 42.5 Å². The Morgan fingerprint density at radius 1 is 0.737 bits per heavy atom. The molecule has 1 aromatic heterocycles. The first-order valence-electron chi connectivity index (χ1n) is 12.0. The first kappa shape index (κ1) is 26.6. The second-order valence-corrected chi connectivity index (χ2v) is 8.40. The van der Waals surface area contributed by atoms with E-state index in [4.69, 9.17) is 28.4 Å². The van der Waals surface area contributed by atoms with Gasteiger partial charge in [-0.15, -0.1) is 10.2 Å². The van der Waals surface area contributed by atoms with Gasteiger partial charge in [0, 0.05) is 49.9 Å². The Labute approximate surface area is 221 Å². The Balaban J connectivity index is 1.35. The third-order valence-corrected chi connectivity index (χ3v) is 6.25. The van der Waals surface area contributed by atoms with Gasteiger partial charge >= 0.3 is 0 Å². The fourth-order valence-corrected chi connectivity index (χ4v) is 4.16. The van der Waals surface area contributed by atoms with Crippen molar-refractivity contribution in [3.8, 4) is 45.8 Å². The van der Waals surface area contributed by atoms with Crippen LogP contribution in [0.2, 0.25) is 0 Å². The summed E-state index contributed by atoms with van der Waals surface area (Å²) in [6.45, 7) is 2.31. The fourth-order valence-electron chi connectivity index (χ4n) is 4.16. The van der Waals surface area contributed by atoms with Crippen molar-refractivity contribution in [2.45, 2.75) is 0 Å². The highest BCUT2D eigenvalue weighted by Gasteiger charge is 2.23. The molecule has 2 aromatic carbocycles. The number of aromatic nitrogens is 2. The van der Waals surface area contributed by atoms with E-state index in [1.807, 2.05) is 24.3 Å². The van der Waals surface area contributed by atoms with Crippen molar-refractivity contribution in [2.75, 3.05) is 73.2 Å². The second kappa shape index (κ2) is 12.2. The molecule has 3 aromatic rings. The first-order valence-corrected chi connectivity index (χ1v) is 12.0. The lowest BCUT2D eigenvalue weighted by atomic mass is 10.1. The molecule has 1 aliphatic rings. The minimum atomic E-state index is -0.0877. The van der Waals surface area contributed by atoms with Crippen LogP contribution in [0.3, 0.4) is 0 Å². The molecule has 0 saturated carbocycles. The van der Waals surface area contributed by atoms with E-state index in [0.717, 1.165) is 11.4 Å². The molecule has 38 heavy (non-hydrogen) atoms. The summed E-state index contributed by atoms with van der Waals surface area (Å²) in [6.07, 6.45) is 0. The third kappa shape index (κ3) is 5.93. The summed E-state index contributed by atoms with van der Waals surface area (Å²) in [4.78, 5) is 16.6. The predicted octanol–water partition coefficient (Wildman–Crippen LogP) is 2.91. The summed E-state index contributed by atoms with van der Waals surface area (Å²) in [5, 5.41) is 8.83. The van der Waals surface area contributed by atoms with Gasteiger partial charge < -0.3 is 38.2 Å². The van der Waals surface area contributed by atoms with E-state index in [0.29, 0.717) is 66.4 Å². The van der Waals surface area contributed by atoms with Gasteiger partial charge in [-0.3, -0.25) is 4.79 Å². The highest BCUT2D eigenvalue weighted by atomic mass is 16.5. The molecular formula is C27H32N4O7. The summed E-state index contributed by atoms with van der Waals surface area (Å²) in [5.41, 5.74) is 1.47. The highest BCUT2D eigenvalue weighted by molar-refractivity contribution is 5.78. The van der Waals surface area contributed by atoms with Gasteiger partial charge in [0.2, 0.25) is 5.75 Å². The van der Waals surface area contributed by atoms with Crippen molar-refractivity contribution in [3.63, 3.8) is 0 Å². The Morgan fingerprint density at radius 2 is 1.34 bits per heavy atom. The molecule has 1 saturated heterocycles. The molecule has 0 N–H and O–H groups in total. The molecule has 11 nitrogen and oxygen atoms in total. The number of carbonyl (C=O) groups excluding carboxylic acids is 1. The number of ether oxygens (including phenoxy) is 6. The van der Waals surface area contributed by atoms with Crippen LogP contribution in [0.4, 0.5) is 5.82 Å². The van der Waals surface area contributed by atoms with Gasteiger partial charge in [-0.2, -0.15) is 0 Å². The Morgan fingerprint density at radius 3 is 1.84 bits per heavy atom. The molecule has 4 rings (SSSR count). The summed E-state index contributed by atoms with van der Waals surface area (Å²) >= 11 is 0. The number of hydrogen-bond donors (Lipinski definition) is 0. The fraction of sp³-hybridized carbons (Fsp3) is 0.370. The molecule has 1 fully saturated rings. The van der Waals surface area contributed by atoms with Crippen LogP contribution in [-0.2, 0) is 4.79 Å².